The number of benzene rings is 1. The molecule has 82 valence electrons. The van der Waals surface area contributed by atoms with Gasteiger partial charge in [-0.15, -0.1) is 11.6 Å². The molecule has 0 aliphatic heterocycles. The van der Waals surface area contributed by atoms with E-state index in [1.165, 1.54) is 6.07 Å². The van der Waals surface area contributed by atoms with Gasteiger partial charge >= 0.3 is 5.97 Å². The van der Waals surface area contributed by atoms with E-state index in [9.17, 15) is 13.6 Å². The van der Waals surface area contributed by atoms with Gasteiger partial charge in [0.05, 0.1) is 12.2 Å². The van der Waals surface area contributed by atoms with Gasteiger partial charge < -0.3 is 4.74 Å². The Morgan fingerprint density at radius 1 is 1.47 bits per heavy atom. The van der Waals surface area contributed by atoms with Crippen LogP contribution in [0.3, 0.4) is 0 Å². The second-order valence-corrected chi connectivity index (χ2v) is 3.06. The summed E-state index contributed by atoms with van der Waals surface area (Å²) >= 11 is 5.46. The van der Waals surface area contributed by atoms with E-state index in [4.69, 9.17) is 11.6 Å². The zero-order valence-electron chi connectivity index (χ0n) is 8.02. The summed E-state index contributed by atoms with van der Waals surface area (Å²) in [4.78, 5) is 11.2. The second kappa shape index (κ2) is 5.07. The highest BCUT2D eigenvalue weighted by Crippen LogP contribution is 2.17. The van der Waals surface area contributed by atoms with E-state index in [0.717, 1.165) is 6.07 Å². The molecule has 1 aromatic carbocycles. The Hall–Kier alpha value is -1.16. The smallest absolute Gasteiger partial charge is 0.341 e. The molecule has 0 N–H and O–H groups in total. The summed E-state index contributed by atoms with van der Waals surface area (Å²) in [7, 11) is 0. The topological polar surface area (TPSA) is 26.3 Å². The number of halogens is 3. The number of carbonyl (C=O) groups excluding carboxylic acids is 1. The van der Waals surface area contributed by atoms with Crippen LogP contribution >= 0.6 is 11.6 Å². The Bertz CT molecular complexity index is 380. The lowest BCUT2D eigenvalue weighted by molar-refractivity contribution is 0.0519. The first-order valence-corrected chi connectivity index (χ1v) is 4.84. The van der Waals surface area contributed by atoms with Gasteiger partial charge in [-0.05, 0) is 24.6 Å². The standard InChI is InChI=1S/C10H9ClF2O2/c1-2-15-10(14)7-3-6(5-11)4-8(12)9(7)13/h3-4H,2,5H2,1H3. The Balaban J connectivity index is 3.15. The number of hydrogen-bond donors (Lipinski definition) is 0. The van der Waals surface area contributed by atoms with Crippen LogP contribution < -0.4 is 0 Å². The minimum atomic E-state index is -1.21. The molecule has 0 fully saturated rings. The highest BCUT2D eigenvalue weighted by Gasteiger charge is 2.17. The van der Waals surface area contributed by atoms with Crippen molar-refractivity contribution in [2.45, 2.75) is 12.8 Å². The molecule has 0 heterocycles. The van der Waals surface area contributed by atoms with Crippen molar-refractivity contribution in [1.82, 2.24) is 0 Å². The number of ether oxygens (including phenoxy) is 1. The lowest BCUT2D eigenvalue weighted by Crippen LogP contribution is -2.09. The molecule has 1 aromatic rings. The predicted molar refractivity (Wildman–Crippen MR) is 51.9 cm³/mol. The van der Waals surface area contributed by atoms with Crippen molar-refractivity contribution in [2.75, 3.05) is 6.61 Å². The molecule has 0 saturated carbocycles. The zero-order valence-corrected chi connectivity index (χ0v) is 8.78. The van der Waals surface area contributed by atoms with E-state index in [1.807, 2.05) is 0 Å². The van der Waals surface area contributed by atoms with Crippen LogP contribution in [0.2, 0.25) is 0 Å². The van der Waals surface area contributed by atoms with E-state index < -0.39 is 23.2 Å². The summed E-state index contributed by atoms with van der Waals surface area (Å²) in [6.45, 7) is 1.68. The van der Waals surface area contributed by atoms with Gasteiger partial charge in [-0.1, -0.05) is 0 Å². The van der Waals surface area contributed by atoms with Gasteiger partial charge in [0, 0.05) is 5.88 Å². The third-order valence-electron chi connectivity index (χ3n) is 1.74. The molecule has 0 aromatic heterocycles. The molecule has 0 radical (unpaired) electrons. The van der Waals surface area contributed by atoms with E-state index in [-0.39, 0.29) is 12.5 Å². The highest BCUT2D eigenvalue weighted by molar-refractivity contribution is 6.17. The number of hydrogen-bond acceptors (Lipinski definition) is 2. The van der Waals surface area contributed by atoms with E-state index in [0.29, 0.717) is 5.56 Å². The van der Waals surface area contributed by atoms with Crippen LogP contribution in [0.25, 0.3) is 0 Å². The van der Waals surface area contributed by atoms with Gasteiger partial charge in [-0.25, -0.2) is 13.6 Å². The zero-order chi connectivity index (χ0) is 11.4. The van der Waals surface area contributed by atoms with Crippen molar-refractivity contribution >= 4 is 17.6 Å². The third kappa shape index (κ3) is 2.65. The van der Waals surface area contributed by atoms with Crippen LogP contribution in [0, 0.1) is 11.6 Å². The Labute approximate surface area is 90.8 Å². The predicted octanol–water partition coefficient (Wildman–Crippen LogP) is 2.88. The first-order chi connectivity index (χ1) is 7.10. The van der Waals surface area contributed by atoms with Gasteiger partial charge in [-0.2, -0.15) is 0 Å². The number of alkyl halides is 1. The maximum absolute atomic E-state index is 13.2. The quantitative estimate of drug-likeness (QED) is 0.594. The van der Waals surface area contributed by atoms with Crippen molar-refractivity contribution in [3.8, 4) is 0 Å². The second-order valence-electron chi connectivity index (χ2n) is 2.79. The molecule has 5 heteroatoms. The molecule has 0 aliphatic rings. The van der Waals surface area contributed by atoms with E-state index in [2.05, 4.69) is 4.74 Å². The Kier molecular flexibility index (Phi) is 4.03. The fourth-order valence-corrected chi connectivity index (χ4v) is 1.23. The van der Waals surface area contributed by atoms with Crippen LogP contribution in [0.15, 0.2) is 12.1 Å². The summed E-state index contributed by atoms with van der Waals surface area (Å²) in [5, 5.41) is 0. The number of carbonyl (C=O) groups is 1. The van der Waals surface area contributed by atoms with Crippen molar-refractivity contribution in [2.24, 2.45) is 0 Å². The van der Waals surface area contributed by atoms with Crippen molar-refractivity contribution in [3.63, 3.8) is 0 Å². The molecule has 0 amide bonds. The number of esters is 1. The maximum atomic E-state index is 13.2. The molecule has 0 atom stereocenters. The summed E-state index contributed by atoms with van der Waals surface area (Å²) < 4.78 is 30.7. The molecule has 0 saturated heterocycles. The fraction of sp³-hybridized carbons (Fsp3) is 0.300. The lowest BCUT2D eigenvalue weighted by atomic mass is 10.1. The first-order valence-electron chi connectivity index (χ1n) is 4.31. The molecule has 0 bridgehead atoms. The first kappa shape index (κ1) is 11.9. The van der Waals surface area contributed by atoms with Crippen LogP contribution in [0.1, 0.15) is 22.8 Å². The van der Waals surface area contributed by atoms with E-state index in [1.54, 1.807) is 6.92 Å². The molecule has 0 aliphatic carbocycles. The maximum Gasteiger partial charge on any atom is 0.341 e. The average molecular weight is 235 g/mol. The van der Waals surface area contributed by atoms with Crippen LogP contribution in [-0.4, -0.2) is 12.6 Å². The van der Waals surface area contributed by atoms with Gasteiger partial charge in [-0.3, -0.25) is 0 Å². The largest absolute Gasteiger partial charge is 0.462 e. The van der Waals surface area contributed by atoms with Gasteiger partial charge in [0.15, 0.2) is 11.6 Å². The Morgan fingerprint density at radius 3 is 2.67 bits per heavy atom. The minimum absolute atomic E-state index is 0.00358. The molecular weight excluding hydrogens is 226 g/mol. The van der Waals surface area contributed by atoms with Crippen LogP contribution in [-0.2, 0) is 10.6 Å². The molecule has 1 rings (SSSR count). The normalized spacial score (nSPS) is 10.1. The monoisotopic (exact) mass is 234 g/mol. The minimum Gasteiger partial charge on any atom is -0.462 e. The summed E-state index contributed by atoms with van der Waals surface area (Å²) in [5.41, 5.74) is -0.0916. The van der Waals surface area contributed by atoms with Gasteiger partial charge in [0.2, 0.25) is 0 Å². The molecule has 0 spiro atoms. The van der Waals surface area contributed by atoms with Gasteiger partial charge in [0.1, 0.15) is 0 Å². The highest BCUT2D eigenvalue weighted by atomic mass is 35.5. The Morgan fingerprint density at radius 2 is 2.13 bits per heavy atom. The summed E-state index contributed by atoms with van der Waals surface area (Å²) in [6.07, 6.45) is 0. The van der Waals surface area contributed by atoms with Gasteiger partial charge in [0.25, 0.3) is 0 Å². The van der Waals surface area contributed by atoms with Crippen molar-refractivity contribution in [1.29, 1.82) is 0 Å². The van der Waals surface area contributed by atoms with Crippen LogP contribution in [0.4, 0.5) is 8.78 Å². The molecule has 0 unspecified atom stereocenters. The molecule has 2 nitrogen and oxygen atoms in total. The SMILES string of the molecule is CCOC(=O)c1cc(CCl)cc(F)c1F. The lowest BCUT2D eigenvalue weighted by Gasteiger charge is -2.05. The van der Waals surface area contributed by atoms with Crippen molar-refractivity contribution in [3.05, 3.63) is 34.9 Å². The number of rotatable bonds is 3. The summed E-state index contributed by atoms with van der Waals surface area (Å²) in [5.74, 6) is -3.19. The van der Waals surface area contributed by atoms with Crippen LogP contribution in [0.5, 0.6) is 0 Å². The average Bonchev–Trinajstić information content (AvgIpc) is 2.22. The van der Waals surface area contributed by atoms with Crippen molar-refractivity contribution < 1.29 is 18.3 Å². The molecular formula is C10H9ClF2O2. The summed E-state index contributed by atoms with van der Waals surface area (Å²) in [6, 6.07) is 2.13. The van der Waals surface area contributed by atoms with E-state index >= 15 is 0 Å². The fourth-order valence-electron chi connectivity index (χ4n) is 1.08. The third-order valence-corrected chi connectivity index (χ3v) is 2.05. The molecule has 15 heavy (non-hydrogen) atoms.